The number of fused-ring (bicyclic) bond motifs is 3. The molecule has 2 atom stereocenters. The summed E-state index contributed by atoms with van der Waals surface area (Å²) in [5.74, 6) is 1.00. The fourth-order valence-corrected chi connectivity index (χ4v) is 6.05. The highest BCUT2D eigenvalue weighted by atomic mass is 32.2. The summed E-state index contributed by atoms with van der Waals surface area (Å²) >= 11 is 0. The lowest BCUT2D eigenvalue weighted by atomic mass is 10.1. The largest absolute Gasteiger partial charge is 0.366 e. The lowest BCUT2D eigenvalue weighted by Crippen LogP contribution is -2.43. The summed E-state index contributed by atoms with van der Waals surface area (Å²) in [6.07, 6.45) is 3.99. The number of anilines is 4. The van der Waals surface area contributed by atoms with E-state index >= 15 is 0 Å². The van der Waals surface area contributed by atoms with E-state index in [9.17, 15) is 13.2 Å². The summed E-state index contributed by atoms with van der Waals surface area (Å²) in [6.45, 7) is 2.31. The molecule has 1 aliphatic heterocycles. The van der Waals surface area contributed by atoms with Crippen LogP contribution in [0.25, 0.3) is 0 Å². The van der Waals surface area contributed by atoms with Gasteiger partial charge in [0, 0.05) is 36.1 Å². The van der Waals surface area contributed by atoms with Crippen LogP contribution in [0.3, 0.4) is 0 Å². The van der Waals surface area contributed by atoms with Gasteiger partial charge in [-0.2, -0.15) is 4.98 Å². The minimum atomic E-state index is -3.21. The van der Waals surface area contributed by atoms with Crippen LogP contribution in [0.2, 0.25) is 0 Å². The summed E-state index contributed by atoms with van der Waals surface area (Å²) in [4.78, 5) is 20.9. The average molecular weight is 521 g/mol. The van der Waals surface area contributed by atoms with Crippen molar-refractivity contribution in [1.29, 1.82) is 0 Å². The van der Waals surface area contributed by atoms with Crippen molar-refractivity contribution in [2.45, 2.75) is 50.1 Å². The van der Waals surface area contributed by atoms with Crippen molar-refractivity contribution >= 4 is 39.1 Å². The number of carbonyl (C=O) groups excluding carboxylic acids is 1. The number of nitrogens with zero attached hydrogens (tertiary/aromatic N) is 2. The van der Waals surface area contributed by atoms with Crippen LogP contribution < -0.4 is 20.7 Å². The summed E-state index contributed by atoms with van der Waals surface area (Å²) in [6, 6.07) is 13.5. The Hall–Kier alpha value is -3.54. The van der Waals surface area contributed by atoms with Gasteiger partial charge in [0.2, 0.25) is 21.9 Å². The van der Waals surface area contributed by atoms with Crippen LogP contribution in [0, 0.1) is 6.92 Å². The van der Waals surface area contributed by atoms with Gasteiger partial charge in [0.15, 0.2) is 0 Å². The second-order valence-corrected chi connectivity index (χ2v) is 11.8. The van der Waals surface area contributed by atoms with Crippen molar-refractivity contribution in [1.82, 2.24) is 20.0 Å². The number of morpholine rings is 1. The number of aromatic nitrogens is 2. The standard InChI is InChI=1S/C26H28N6O4S/c1-15-12-27-26(30-19-7-4-17-10-22-24(21(17)11-19)31-23(33)14-36-22)32-25(15)29-18-5-2-16(3-6-18)13-28-37(34,35)20-8-9-20/h2-7,11-12,20,22,24,28H,8-10,13-14H2,1H3,(H,31,33)(H2,27,29,30,32)/t22-,24+/m1/s1. The van der Waals surface area contributed by atoms with Crippen LogP contribution in [-0.4, -0.2) is 42.3 Å². The van der Waals surface area contributed by atoms with Gasteiger partial charge in [0.05, 0.1) is 17.4 Å². The molecule has 37 heavy (non-hydrogen) atoms. The molecule has 0 bridgehead atoms. The maximum Gasteiger partial charge on any atom is 0.246 e. The lowest BCUT2D eigenvalue weighted by molar-refractivity contribution is -0.136. The van der Waals surface area contributed by atoms with Gasteiger partial charge in [-0.15, -0.1) is 0 Å². The minimum absolute atomic E-state index is 0.0286. The number of benzene rings is 2. The summed E-state index contributed by atoms with van der Waals surface area (Å²) in [5.41, 5.74) is 5.64. The number of nitrogens with one attached hydrogen (secondary N) is 4. The second-order valence-electron chi connectivity index (χ2n) is 9.75. The number of ether oxygens (including phenoxy) is 1. The van der Waals surface area contributed by atoms with Gasteiger partial charge in [0.1, 0.15) is 12.4 Å². The first-order chi connectivity index (χ1) is 17.8. The second kappa shape index (κ2) is 9.40. The number of amides is 1. The van der Waals surface area contributed by atoms with E-state index < -0.39 is 10.0 Å². The van der Waals surface area contributed by atoms with Crippen molar-refractivity contribution in [3.05, 3.63) is 70.9 Å². The number of hydrogen-bond acceptors (Lipinski definition) is 8. The van der Waals surface area contributed by atoms with Crippen molar-refractivity contribution in [3.8, 4) is 0 Å². The molecule has 0 unspecified atom stereocenters. The highest BCUT2D eigenvalue weighted by molar-refractivity contribution is 7.90. The molecule has 192 valence electrons. The van der Waals surface area contributed by atoms with Crippen LogP contribution in [-0.2, 0) is 32.5 Å². The van der Waals surface area contributed by atoms with Gasteiger partial charge >= 0.3 is 0 Å². The molecule has 0 spiro atoms. The van der Waals surface area contributed by atoms with Crippen LogP contribution in [0.5, 0.6) is 0 Å². The van der Waals surface area contributed by atoms with E-state index in [-0.39, 0.29) is 36.5 Å². The maximum atomic E-state index is 12.0. The van der Waals surface area contributed by atoms with Gasteiger partial charge in [-0.3, -0.25) is 4.79 Å². The first-order valence-electron chi connectivity index (χ1n) is 12.3. The highest BCUT2D eigenvalue weighted by Crippen LogP contribution is 2.37. The van der Waals surface area contributed by atoms with Crippen LogP contribution >= 0.6 is 0 Å². The molecule has 10 nitrogen and oxygen atoms in total. The topological polar surface area (TPSA) is 134 Å². The highest BCUT2D eigenvalue weighted by Gasteiger charge is 2.38. The Morgan fingerprint density at radius 1 is 1.08 bits per heavy atom. The summed E-state index contributed by atoms with van der Waals surface area (Å²) in [7, 11) is -3.21. The molecule has 2 heterocycles. The van der Waals surface area contributed by atoms with Gasteiger partial charge in [-0.25, -0.2) is 18.1 Å². The first kappa shape index (κ1) is 23.8. The molecule has 2 fully saturated rings. The van der Waals surface area contributed by atoms with E-state index in [1.165, 1.54) is 5.56 Å². The van der Waals surface area contributed by atoms with Crippen molar-refractivity contribution in [3.63, 3.8) is 0 Å². The molecule has 3 aliphatic rings. The Morgan fingerprint density at radius 3 is 2.65 bits per heavy atom. The molecule has 1 saturated carbocycles. The van der Waals surface area contributed by atoms with Crippen LogP contribution in [0.4, 0.5) is 23.1 Å². The third kappa shape index (κ3) is 5.15. The van der Waals surface area contributed by atoms with Crippen LogP contribution in [0.1, 0.15) is 41.1 Å². The predicted octanol–water partition coefficient (Wildman–Crippen LogP) is 2.97. The van der Waals surface area contributed by atoms with Gasteiger partial charge in [0.25, 0.3) is 0 Å². The zero-order chi connectivity index (χ0) is 25.6. The molecule has 2 aliphatic carbocycles. The molecule has 6 rings (SSSR count). The quantitative estimate of drug-likeness (QED) is 0.356. The normalized spacial score (nSPS) is 20.6. The number of aryl methyl sites for hydroxylation is 1. The van der Waals surface area contributed by atoms with Crippen molar-refractivity contribution < 1.29 is 17.9 Å². The molecular formula is C26H28N6O4S. The molecular weight excluding hydrogens is 492 g/mol. The summed E-state index contributed by atoms with van der Waals surface area (Å²) < 4.78 is 32.4. The zero-order valence-corrected chi connectivity index (χ0v) is 21.1. The Kier molecular flexibility index (Phi) is 6.06. The molecule has 3 aromatic rings. The lowest BCUT2D eigenvalue weighted by Gasteiger charge is -2.27. The first-order valence-corrected chi connectivity index (χ1v) is 13.9. The van der Waals surface area contributed by atoms with E-state index in [2.05, 4.69) is 30.6 Å². The Balaban J connectivity index is 1.13. The maximum absolute atomic E-state index is 12.0. The molecule has 4 N–H and O–H groups in total. The number of carbonyl (C=O) groups is 1. The Morgan fingerprint density at radius 2 is 1.86 bits per heavy atom. The van der Waals surface area contributed by atoms with E-state index in [1.54, 1.807) is 6.20 Å². The molecule has 11 heteroatoms. The fourth-order valence-electron chi connectivity index (χ4n) is 4.69. The molecule has 2 aromatic carbocycles. The molecule has 0 radical (unpaired) electrons. The molecule has 1 aromatic heterocycles. The van der Waals surface area contributed by atoms with Gasteiger partial charge < -0.3 is 20.7 Å². The van der Waals surface area contributed by atoms with E-state index in [4.69, 9.17) is 4.74 Å². The van der Waals surface area contributed by atoms with E-state index in [0.717, 1.165) is 47.3 Å². The smallest absolute Gasteiger partial charge is 0.246 e. The Labute approximate surface area is 215 Å². The van der Waals surface area contributed by atoms with Gasteiger partial charge in [-0.05, 0) is 60.7 Å². The Bertz CT molecular complexity index is 1460. The monoisotopic (exact) mass is 520 g/mol. The van der Waals surface area contributed by atoms with E-state index in [1.807, 2.05) is 49.4 Å². The minimum Gasteiger partial charge on any atom is -0.366 e. The fraction of sp³-hybridized carbons (Fsp3) is 0.346. The number of sulfonamides is 1. The average Bonchev–Trinajstić information content (AvgIpc) is 3.69. The van der Waals surface area contributed by atoms with E-state index in [0.29, 0.717) is 11.8 Å². The third-order valence-corrected chi connectivity index (χ3v) is 8.80. The summed E-state index contributed by atoms with van der Waals surface area (Å²) in [5, 5.41) is 9.38. The van der Waals surface area contributed by atoms with Gasteiger partial charge in [-0.1, -0.05) is 18.2 Å². The molecule has 1 saturated heterocycles. The van der Waals surface area contributed by atoms with Crippen LogP contribution in [0.15, 0.2) is 48.7 Å². The number of rotatable bonds is 8. The van der Waals surface area contributed by atoms with Crippen molar-refractivity contribution in [2.75, 3.05) is 17.2 Å². The van der Waals surface area contributed by atoms with Crippen molar-refractivity contribution in [2.24, 2.45) is 0 Å². The third-order valence-electron chi connectivity index (χ3n) is 6.90. The number of hydrogen-bond donors (Lipinski definition) is 4. The predicted molar refractivity (Wildman–Crippen MR) is 139 cm³/mol. The zero-order valence-electron chi connectivity index (χ0n) is 20.3. The molecule has 1 amide bonds. The SMILES string of the molecule is Cc1cnc(Nc2ccc3c(c2)[C@@H]2NC(=O)CO[C@@H]2C3)nc1Nc1ccc(CNS(=O)(=O)C2CC2)cc1.